The van der Waals surface area contributed by atoms with Crippen molar-refractivity contribution in [1.82, 2.24) is 5.32 Å². The van der Waals surface area contributed by atoms with E-state index in [4.69, 9.17) is 10.2 Å². The number of carbonyl (C=O) groups is 1. The standard InChI is InChI=1S/C12H23NO3/c1-2-3-4-10(11(15)16)13-9-12(5-6-12)7-8-14/h10,13-14H,2-9H2,1H3,(H,15,16). The number of aliphatic carboxylic acids is 1. The lowest BCUT2D eigenvalue weighted by Crippen LogP contribution is -2.40. The minimum absolute atomic E-state index is 0.189. The third kappa shape index (κ3) is 4.10. The summed E-state index contributed by atoms with van der Waals surface area (Å²) in [6.45, 7) is 3.00. The summed E-state index contributed by atoms with van der Waals surface area (Å²) in [6, 6.07) is -0.420. The van der Waals surface area contributed by atoms with Gasteiger partial charge in [-0.1, -0.05) is 19.8 Å². The lowest BCUT2D eigenvalue weighted by Gasteiger charge is -2.19. The van der Waals surface area contributed by atoms with Crippen molar-refractivity contribution in [3.05, 3.63) is 0 Å². The molecule has 0 aromatic heterocycles. The van der Waals surface area contributed by atoms with Crippen molar-refractivity contribution in [2.45, 2.75) is 51.5 Å². The van der Waals surface area contributed by atoms with Crippen LogP contribution in [0, 0.1) is 5.41 Å². The summed E-state index contributed by atoms with van der Waals surface area (Å²) >= 11 is 0. The Balaban J connectivity index is 2.29. The van der Waals surface area contributed by atoms with Crippen LogP contribution in [0.3, 0.4) is 0 Å². The van der Waals surface area contributed by atoms with Crippen molar-refractivity contribution in [3.63, 3.8) is 0 Å². The molecule has 1 fully saturated rings. The van der Waals surface area contributed by atoms with Crippen LogP contribution in [0.15, 0.2) is 0 Å². The van der Waals surface area contributed by atoms with Gasteiger partial charge in [-0.25, -0.2) is 0 Å². The van der Waals surface area contributed by atoms with Gasteiger partial charge < -0.3 is 15.5 Å². The molecule has 0 heterocycles. The molecule has 0 aliphatic heterocycles. The molecular weight excluding hydrogens is 206 g/mol. The topological polar surface area (TPSA) is 69.6 Å². The minimum atomic E-state index is -0.756. The van der Waals surface area contributed by atoms with E-state index in [9.17, 15) is 4.79 Å². The quantitative estimate of drug-likeness (QED) is 0.558. The van der Waals surface area contributed by atoms with Crippen molar-refractivity contribution in [3.8, 4) is 0 Å². The highest BCUT2D eigenvalue weighted by Gasteiger charge is 2.42. The van der Waals surface area contributed by atoms with E-state index in [1.54, 1.807) is 0 Å². The zero-order chi connectivity index (χ0) is 12.0. The Morgan fingerprint density at radius 1 is 1.50 bits per heavy atom. The molecule has 16 heavy (non-hydrogen) atoms. The molecular formula is C12H23NO3. The van der Waals surface area contributed by atoms with Gasteiger partial charge in [0.2, 0.25) is 0 Å². The number of hydrogen-bond donors (Lipinski definition) is 3. The average Bonchev–Trinajstić information content (AvgIpc) is 2.98. The number of nitrogens with one attached hydrogen (secondary N) is 1. The fourth-order valence-corrected chi connectivity index (χ4v) is 1.99. The van der Waals surface area contributed by atoms with Crippen LogP contribution in [0.5, 0.6) is 0 Å². The monoisotopic (exact) mass is 229 g/mol. The summed E-state index contributed by atoms with van der Waals surface area (Å²) in [6.07, 6.45) is 5.67. The normalized spacial score (nSPS) is 19.4. The molecule has 3 N–H and O–H groups in total. The molecule has 1 unspecified atom stereocenters. The van der Waals surface area contributed by atoms with Crippen molar-refractivity contribution in [1.29, 1.82) is 0 Å². The van der Waals surface area contributed by atoms with Gasteiger partial charge in [0.05, 0.1) is 0 Å². The second kappa shape index (κ2) is 6.21. The Bertz CT molecular complexity index is 226. The third-order valence-corrected chi connectivity index (χ3v) is 3.47. The fourth-order valence-electron chi connectivity index (χ4n) is 1.99. The number of hydrogen-bond acceptors (Lipinski definition) is 3. The summed E-state index contributed by atoms with van der Waals surface area (Å²) in [7, 11) is 0. The van der Waals surface area contributed by atoms with E-state index in [0.29, 0.717) is 6.42 Å². The third-order valence-electron chi connectivity index (χ3n) is 3.47. The maximum Gasteiger partial charge on any atom is 0.320 e. The Morgan fingerprint density at radius 2 is 2.19 bits per heavy atom. The van der Waals surface area contributed by atoms with E-state index in [-0.39, 0.29) is 12.0 Å². The first-order valence-corrected chi connectivity index (χ1v) is 6.20. The largest absolute Gasteiger partial charge is 0.480 e. The van der Waals surface area contributed by atoms with E-state index >= 15 is 0 Å². The Labute approximate surface area is 97.0 Å². The predicted molar refractivity (Wildman–Crippen MR) is 62.3 cm³/mol. The van der Waals surface area contributed by atoms with Crippen LogP contribution in [0.25, 0.3) is 0 Å². The van der Waals surface area contributed by atoms with Crippen LogP contribution in [0.1, 0.15) is 45.4 Å². The highest BCUT2D eigenvalue weighted by atomic mass is 16.4. The molecule has 0 amide bonds. The molecule has 0 radical (unpaired) electrons. The molecule has 1 aliphatic carbocycles. The molecule has 0 aromatic rings. The van der Waals surface area contributed by atoms with Gasteiger partial charge >= 0.3 is 5.97 Å². The summed E-state index contributed by atoms with van der Waals surface area (Å²) in [5.41, 5.74) is 0.189. The van der Waals surface area contributed by atoms with Gasteiger partial charge in [-0.2, -0.15) is 0 Å². The number of aliphatic hydroxyl groups excluding tert-OH is 1. The zero-order valence-corrected chi connectivity index (χ0v) is 10.0. The van der Waals surface area contributed by atoms with Gasteiger partial charge in [-0.05, 0) is 31.1 Å². The second-order valence-electron chi connectivity index (χ2n) is 4.89. The smallest absolute Gasteiger partial charge is 0.320 e. The predicted octanol–water partition coefficient (Wildman–Crippen LogP) is 1.38. The highest BCUT2D eigenvalue weighted by Crippen LogP contribution is 2.47. The summed E-state index contributed by atoms with van der Waals surface area (Å²) in [5, 5.41) is 21.1. The molecule has 1 aliphatic rings. The van der Waals surface area contributed by atoms with Crippen LogP contribution in [0.4, 0.5) is 0 Å². The number of carboxylic acids is 1. The summed E-state index contributed by atoms with van der Waals surface area (Å²) < 4.78 is 0. The van der Waals surface area contributed by atoms with Gasteiger partial charge in [0.25, 0.3) is 0 Å². The maximum atomic E-state index is 11.0. The van der Waals surface area contributed by atoms with E-state index in [2.05, 4.69) is 12.2 Å². The first-order chi connectivity index (χ1) is 7.63. The van der Waals surface area contributed by atoms with Gasteiger partial charge in [-0.3, -0.25) is 4.79 Å². The molecule has 0 aromatic carbocycles. The lowest BCUT2D eigenvalue weighted by molar-refractivity contribution is -0.139. The van der Waals surface area contributed by atoms with E-state index in [0.717, 1.165) is 38.6 Å². The Hall–Kier alpha value is -0.610. The summed E-state index contributed by atoms with van der Waals surface area (Å²) in [4.78, 5) is 11.0. The van der Waals surface area contributed by atoms with E-state index in [1.807, 2.05) is 0 Å². The Kier molecular flexibility index (Phi) is 5.22. The second-order valence-corrected chi connectivity index (χ2v) is 4.89. The van der Waals surface area contributed by atoms with Crippen molar-refractivity contribution < 1.29 is 15.0 Å². The lowest BCUT2D eigenvalue weighted by atomic mass is 10.0. The first kappa shape index (κ1) is 13.5. The van der Waals surface area contributed by atoms with Crippen molar-refractivity contribution in [2.75, 3.05) is 13.2 Å². The van der Waals surface area contributed by atoms with Crippen LogP contribution in [-0.4, -0.2) is 35.4 Å². The molecule has 4 nitrogen and oxygen atoms in total. The number of rotatable bonds is 9. The number of aliphatic hydroxyl groups is 1. The SMILES string of the molecule is CCCCC(NCC1(CCO)CC1)C(=O)O. The van der Waals surface area contributed by atoms with Crippen LogP contribution < -0.4 is 5.32 Å². The van der Waals surface area contributed by atoms with Crippen LogP contribution >= 0.6 is 0 Å². The van der Waals surface area contributed by atoms with Gasteiger partial charge in [0, 0.05) is 13.2 Å². The molecule has 1 atom stereocenters. The van der Waals surface area contributed by atoms with Crippen LogP contribution in [-0.2, 0) is 4.79 Å². The first-order valence-electron chi connectivity index (χ1n) is 6.20. The molecule has 0 bridgehead atoms. The zero-order valence-electron chi connectivity index (χ0n) is 10.0. The molecule has 4 heteroatoms. The highest BCUT2D eigenvalue weighted by molar-refractivity contribution is 5.73. The number of unbranched alkanes of at least 4 members (excludes halogenated alkanes) is 1. The Morgan fingerprint density at radius 3 is 2.62 bits per heavy atom. The van der Waals surface area contributed by atoms with Crippen LogP contribution in [0.2, 0.25) is 0 Å². The van der Waals surface area contributed by atoms with Gasteiger partial charge in [-0.15, -0.1) is 0 Å². The average molecular weight is 229 g/mol. The molecule has 1 saturated carbocycles. The number of carboxylic acid groups (broad SMARTS) is 1. The van der Waals surface area contributed by atoms with Gasteiger partial charge in [0.1, 0.15) is 6.04 Å². The summed E-state index contributed by atoms with van der Waals surface area (Å²) in [5.74, 6) is -0.756. The maximum absolute atomic E-state index is 11.0. The van der Waals surface area contributed by atoms with Crippen molar-refractivity contribution in [2.24, 2.45) is 5.41 Å². The van der Waals surface area contributed by atoms with E-state index < -0.39 is 12.0 Å². The minimum Gasteiger partial charge on any atom is -0.480 e. The molecule has 0 saturated heterocycles. The van der Waals surface area contributed by atoms with E-state index in [1.165, 1.54) is 0 Å². The van der Waals surface area contributed by atoms with Crippen molar-refractivity contribution >= 4 is 5.97 Å². The molecule has 1 rings (SSSR count). The molecule has 0 spiro atoms. The molecule has 94 valence electrons. The fraction of sp³-hybridized carbons (Fsp3) is 0.917. The van der Waals surface area contributed by atoms with Gasteiger partial charge in [0.15, 0.2) is 0 Å².